The zero-order valence-electron chi connectivity index (χ0n) is 32.7. The van der Waals surface area contributed by atoms with Gasteiger partial charge in [-0.3, -0.25) is 9.59 Å². The van der Waals surface area contributed by atoms with E-state index in [2.05, 4.69) is 32.8 Å². The highest BCUT2D eigenvalue weighted by atomic mass is 16.5. The van der Waals surface area contributed by atoms with Crippen molar-refractivity contribution in [3.8, 4) is 0 Å². The van der Waals surface area contributed by atoms with Crippen LogP contribution < -0.4 is 10.6 Å². The number of rotatable bonds is 11. The minimum atomic E-state index is -0.657. The van der Waals surface area contributed by atoms with E-state index in [4.69, 9.17) is 19.4 Å². The standard InChI is InChI=1S/C40H58N8O6/c1-23(2)33(45-39(51)53-5)37(49)47-19-7-9-31(47)35-41-21-29(43-35)27-15-11-25(12-16-27)26-13-17-28(18-14-26)30-22-42-36(44-30)32-10-8-20-48(32)38(50)34(24(3)4)46-40(52)54-6/h15,17,21-26,31-34H,7-14,16,18-20H2,1-6H3,(H,41,43)(H,42,44)(H,45,51)(H,46,52)/t25?,26?,31-,32-,33-,34-/m0/s1. The first-order chi connectivity index (χ1) is 26.0. The normalized spacial score (nSPS) is 24.2. The lowest BCUT2D eigenvalue weighted by atomic mass is 9.74. The van der Waals surface area contributed by atoms with E-state index < -0.39 is 24.3 Å². The van der Waals surface area contributed by atoms with Crippen molar-refractivity contribution >= 4 is 35.1 Å². The Kier molecular flexibility index (Phi) is 12.5. The highest BCUT2D eigenvalue weighted by molar-refractivity contribution is 5.87. The third-order valence-electron chi connectivity index (χ3n) is 11.9. The fourth-order valence-electron chi connectivity index (χ4n) is 8.76. The lowest BCUT2D eigenvalue weighted by molar-refractivity contribution is -0.136. The Labute approximate surface area is 318 Å². The maximum Gasteiger partial charge on any atom is 0.407 e. The number of alkyl carbamates (subject to hydrolysis) is 2. The van der Waals surface area contributed by atoms with Gasteiger partial charge in [-0.1, -0.05) is 39.8 Å². The number of allylic oxidation sites excluding steroid dienone is 4. The van der Waals surface area contributed by atoms with Crippen LogP contribution in [-0.4, -0.2) is 93.1 Å². The smallest absolute Gasteiger partial charge is 0.407 e. The molecule has 6 rings (SSSR count). The molecule has 0 saturated carbocycles. The topological polar surface area (TPSA) is 175 Å². The largest absolute Gasteiger partial charge is 0.453 e. The zero-order chi connectivity index (χ0) is 38.5. The van der Waals surface area contributed by atoms with Crippen molar-refractivity contribution in [2.75, 3.05) is 27.3 Å². The third kappa shape index (κ3) is 8.52. The molecule has 2 unspecified atom stereocenters. The summed E-state index contributed by atoms with van der Waals surface area (Å²) in [6.45, 7) is 8.94. The zero-order valence-corrected chi connectivity index (χ0v) is 32.7. The lowest BCUT2D eigenvalue weighted by Crippen LogP contribution is -2.51. The van der Waals surface area contributed by atoms with Gasteiger partial charge in [0.2, 0.25) is 11.8 Å². The fourth-order valence-corrected chi connectivity index (χ4v) is 8.76. The number of carbonyl (C=O) groups excluding carboxylic acids is 4. The average molecular weight is 747 g/mol. The van der Waals surface area contributed by atoms with Crippen LogP contribution in [0.15, 0.2) is 24.5 Å². The van der Waals surface area contributed by atoms with Crippen molar-refractivity contribution < 1.29 is 28.7 Å². The van der Waals surface area contributed by atoms with Crippen LogP contribution in [0, 0.1) is 23.7 Å². The summed E-state index contributed by atoms with van der Waals surface area (Å²) >= 11 is 0. The lowest BCUT2D eigenvalue weighted by Gasteiger charge is -2.32. The molecule has 14 heteroatoms. The van der Waals surface area contributed by atoms with Crippen LogP contribution in [0.5, 0.6) is 0 Å². The van der Waals surface area contributed by atoms with Gasteiger partial charge in [-0.15, -0.1) is 0 Å². The van der Waals surface area contributed by atoms with E-state index in [0.29, 0.717) is 24.9 Å². The van der Waals surface area contributed by atoms with Crippen molar-refractivity contribution in [3.63, 3.8) is 0 Å². The summed E-state index contributed by atoms with van der Waals surface area (Å²) in [4.78, 5) is 71.4. The Morgan fingerprint density at radius 2 is 1.09 bits per heavy atom. The Balaban J connectivity index is 1.04. The molecule has 2 aliphatic carbocycles. The van der Waals surface area contributed by atoms with Gasteiger partial charge >= 0.3 is 12.2 Å². The number of hydrogen-bond donors (Lipinski definition) is 4. The summed E-state index contributed by atoms with van der Waals surface area (Å²) in [6.07, 6.45) is 17.1. The summed E-state index contributed by atoms with van der Waals surface area (Å²) in [5.41, 5.74) is 4.43. The van der Waals surface area contributed by atoms with Gasteiger partial charge in [-0.25, -0.2) is 19.6 Å². The SMILES string of the molecule is COC(=O)N[C@H](C(=O)N1CCC[C@H]1c1nc(C2=CCC(C3CC=C(c4c[nH]c([C@@H]5CCCN5C(=O)[C@@H](NC(=O)OC)C(C)C)n4)CC3)CC2)c[nH]1)C(C)C. The number of hydrogen-bond acceptors (Lipinski definition) is 8. The molecular weight excluding hydrogens is 688 g/mol. The first-order valence-corrected chi connectivity index (χ1v) is 19.8. The van der Waals surface area contributed by atoms with Gasteiger partial charge in [0, 0.05) is 25.5 Å². The molecule has 54 heavy (non-hydrogen) atoms. The van der Waals surface area contributed by atoms with Crippen LogP contribution in [0.3, 0.4) is 0 Å². The molecule has 4 aliphatic rings. The summed E-state index contributed by atoms with van der Waals surface area (Å²) < 4.78 is 9.54. The number of H-pyrrole nitrogens is 2. The number of ether oxygens (including phenoxy) is 2. The number of nitrogens with zero attached hydrogens (tertiary/aromatic N) is 4. The van der Waals surface area contributed by atoms with E-state index in [9.17, 15) is 19.2 Å². The molecule has 294 valence electrons. The van der Waals surface area contributed by atoms with Crippen LogP contribution in [0.2, 0.25) is 0 Å². The molecule has 4 heterocycles. The minimum absolute atomic E-state index is 0.0794. The molecule has 2 fully saturated rings. The van der Waals surface area contributed by atoms with Crippen molar-refractivity contribution in [1.29, 1.82) is 0 Å². The molecule has 6 atom stereocenters. The first kappa shape index (κ1) is 39.1. The second-order valence-corrected chi connectivity index (χ2v) is 16.0. The summed E-state index contributed by atoms with van der Waals surface area (Å²) in [5, 5.41) is 5.43. The van der Waals surface area contributed by atoms with Gasteiger partial charge in [-0.05, 0) is 99.0 Å². The van der Waals surface area contributed by atoms with E-state index in [-0.39, 0.29) is 35.7 Å². The van der Waals surface area contributed by atoms with Crippen LogP contribution in [0.25, 0.3) is 11.1 Å². The van der Waals surface area contributed by atoms with Crippen molar-refractivity contribution in [2.24, 2.45) is 23.7 Å². The van der Waals surface area contributed by atoms with E-state index in [0.717, 1.165) is 87.2 Å². The van der Waals surface area contributed by atoms with E-state index in [1.807, 2.05) is 49.9 Å². The quantitative estimate of drug-likeness (QED) is 0.208. The Morgan fingerprint density at radius 1 is 0.685 bits per heavy atom. The minimum Gasteiger partial charge on any atom is -0.453 e. The first-order valence-electron chi connectivity index (χ1n) is 19.8. The third-order valence-corrected chi connectivity index (χ3v) is 11.9. The molecule has 0 bridgehead atoms. The fraction of sp³-hybridized carbons (Fsp3) is 0.650. The maximum absolute atomic E-state index is 13.5. The number of carbonyl (C=O) groups is 4. The maximum atomic E-state index is 13.5. The van der Waals surface area contributed by atoms with Crippen LogP contribution in [-0.2, 0) is 19.1 Å². The van der Waals surface area contributed by atoms with E-state index in [1.165, 1.54) is 25.4 Å². The molecule has 0 spiro atoms. The van der Waals surface area contributed by atoms with Gasteiger partial charge in [0.15, 0.2) is 0 Å². The van der Waals surface area contributed by atoms with E-state index in [1.54, 1.807) is 0 Å². The second-order valence-electron chi connectivity index (χ2n) is 16.0. The van der Waals surface area contributed by atoms with Gasteiger partial charge in [0.25, 0.3) is 0 Å². The van der Waals surface area contributed by atoms with Gasteiger partial charge in [-0.2, -0.15) is 0 Å². The number of aromatic amines is 2. The number of aromatic nitrogens is 4. The molecule has 2 aromatic rings. The van der Waals surface area contributed by atoms with Gasteiger partial charge in [0.1, 0.15) is 23.7 Å². The highest BCUT2D eigenvalue weighted by Gasteiger charge is 2.39. The number of methoxy groups -OCH3 is 2. The van der Waals surface area contributed by atoms with Crippen molar-refractivity contribution in [2.45, 2.75) is 116 Å². The number of nitrogens with one attached hydrogen (secondary N) is 4. The van der Waals surface area contributed by atoms with E-state index >= 15 is 0 Å². The van der Waals surface area contributed by atoms with Crippen LogP contribution in [0.4, 0.5) is 9.59 Å². The molecule has 4 amide bonds. The Hall–Kier alpha value is -4.62. The molecule has 2 aliphatic heterocycles. The molecule has 4 N–H and O–H groups in total. The van der Waals surface area contributed by atoms with Crippen molar-refractivity contribution in [3.05, 3.63) is 47.6 Å². The van der Waals surface area contributed by atoms with Gasteiger partial charge < -0.3 is 39.9 Å². The Bertz CT molecular complexity index is 1600. The molecule has 2 saturated heterocycles. The molecule has 0 aromatic carbocycles. The van der Waals surface area contributed by atoms with Gasteiger partial charge in [0.05, 0.1) is 37.7 Å². The number of likely N-dealkylation sites (tertiary alicyclic amines) is 2. The predicted octanol–water partition coefficient (Wildman–Crippen LogP) is 6.29. The van der Waals surface area contributed by atoms with Crippen LogP contribution in [0.1, 0.15) is 127 Å². The Morgan fingerprint density at radius 3 is 1.43 bits per heavy atom. The predicted molar refractivity (Wildman–Crippen MR) is 204 cm³/mol. The monoisotopic (exact) mass is 746 g/mol. The highest BCUT2D eigenvalue weighted by Crippen LogP contribution is 2.42. The van der Waals surface area contributed by atoms with Crippen molar-refractivity contribution in [1.82, 2.24) is 40.4 Å². The molecular formula is C40H58N8O6. The van der Waals surface area contributed by atoms with Crippen LogP contribution >= 0.6 is 0 Å². The molecule has 2 aromatic heterocycles. The number of imidazole rings is 2. The average Bonchev–Trinajstić information content (AvgIpc) is 4.02. The molecule has 14 nitrogen and oxygen atoms in total. The summed E-state index contributed by atoms with van der Waals surface area (Å²) in [5.74, 6) is 2.46. The number of amides is 4. The summed E-state index contributed by atoms with van der Waals surface area (Å²) in [7, 11) is 2.61. The summed E-state index contributed by atoms with van der Waals surface area (Å²) in [6, 6.07) is -1.61. The second kappa shape index (κ2) is 17.2. The molecule has 0 radical (unpaired) electrons.